The molecule has 1 aliphatic rings. The largest absolute Gasteiger partial charge is 0.476 e. The quantitative estimate of drug-likeness (QED) is 0.929. The van der Waals surface area contributed by atoms with E-state index in [-0.39, 0.29) is 17.6 Å². The Hall–Kier alpha value is -2.21. The fourth-order valence-electron chi connectivity index (χ4n) is 3.16. The average molecular weight is 332 g/mol. The standard InChI is InChI=1S/C18H21FN2O3/c1-11-6-7-13(19)9-15(11)17-20-16(18(22)23)12(2)21(17)10-14-5-3-4-8-24-14/h6-7,9,14H,3-5,8,10H2,1-2H3,(H,22,23). The minimum Gasteiger partial charge on any atom is -0.476 e. The van der Waals surface area contributed by atoms with Crippen molar-refractivity contribution in [2.45, 2.75) is 45.8 Å². The predicted octanol–water partition coefficient (Wildman–Crippen LogP) is 3.57. The van der Waals surface area contributed by atoms with E-state index in [1.54, 1.807) is 13.0 Å². The average Bonchev–Trinajstić information content (AvgIpc) is 2.88. The molecule has 0 amide bonds. The molecule has 1 N–H and O–H groups in total. The molecule has 0 aliphatic carbocycles. The van der Waals surface area contributed by atoms with Gasteiger partial charge in [-0.3, -0.25) is 0 Å². The molecular formula is C18H21FN2O3. The van der Waals surface area contributed by atoms with Gasteiger partial charge >= 0.3 is 5.97 Å². The Morgan fingerprint density at radius 2 is 2.21 bits per heavy atom. The fraction of sp³-hybridized carbons (Fsp3) is 0.444. The lowest BCUT2D eigenvalue weighted by Gasteiger charge is -2.24. The zero-order valence-electron chi connectivity index (χ0n) is 13.9. The Morgan fingerprint density at radius 3 is 2.88 bits per heavy atom. The number of aromatic nitrogens is 2. The van der Waals surface area contributed by atoms with Gasteiger partial charge < -0.3 is 14.4 Å². The molecule has 1 saturated heterocycles. The minimum atomic E-state index is -1.08. The van der Waals surface area contributed by atoms with Gasteiger partial charge in [0, 0.05) is 17.9 Å². The molecule has 1 aromatic carbocycles. The van der Waals surface area contributed by atoms with Crippen molar-refractivity contribution in [2.75, 3.05) is 6.61 Å². The number of imidazole rings is 1. The highest BCUT2D eigenvalue weighted by atomic mass is 19.1. The summed E-state index contributed by atoms with van der Waals surface area (Å²) in [6.45, 7) is 4.84. The number of aryl methyl sites for hydroxylation is 1. The van der Waals surface area contributed by atoms with Gasteiger partial charge in [0.2, 0.25) is 0 Å². The van der Waals surface area contributed by atoms with Crippen LogP contribution in [-0.2, 0) is 11.3 Å². The molecule has 24 heavy (non-hydrogen) atoms. The van der Waals surface area contributed by atoms with Gasteiger partial charge in [-0.15, -0.1) is 0 Å². The number of carboxylic acids is 1. The van der Waals surface area contributed by atoms with Crippen LogP contribution in [0.3, 0.4) is 0 Å². The maximum atomic E-state index is 13.7. The lowest BCUT2D eigenvalue weighted by molar-refractivity contribution is 0.00591. The van der Waals surface area contributed by atoms with E-state index in [9.17, 15) is 14.3 Å². The third-order valence-corrected chi connectivity index (χ3v) is 4.52. The van der Waals surface area contributed by atoms with Crippen molar-refractivity contribution in [3.63, 3.8) is 0 Å². The SMILES string of the molecule is Cc1ccc(F)cc1-c1nc(C(=O)O)c(C)n1CC1CCCCO1. The van der Waals surface area contributed by atoms with Crippen molar-refractivity contribution in [3.05, 3.63) is 41.0 Å². The van der Waals surface area contributed by atoms with Crippen molar-refractivity contribution in [1.29, 1.82) is 0 Å². The summed E-state index contributed by atoms with van der Waals surface area (Å²) in [6, 6.07) is 4.47. The van der Waals surface area contributed by atoms with Crippen molar-refractivity contribution in [1.82, 2.24) is 9.55 Å². The molecule has 1 unspecified atom stereocenters. The summed E-state index contributed by atoms with van der Waals surface area (Å²) < 4.78 is 21.3. The molecule has 2 aromatic rings. The molecule has 0 saturated carbocycles. The van der Waals surface area contributed by atoms with E-state index >= 15 is 0 Å². The van der Waals surface area contributed by atoms with Gasteiger partial charge in [0.05, 0.1) is 12.6 Å². The number of hydrogen-bond acceptors (Lipinski definition) is 3. The highest BCUT2D eigenvalue weighted by Gasteiger charge is 2.24. The maximum Gasteiger partial charge on any atom is 0.356 e. The van der Waals surface area contributed by atoms with E-state index in [4.69, 9.17) is 4.74 Å². The maximum absolute atomic E-state index is 13.7. The van der Waals surface area contributed by atoms with Crippen LogP contribution in [0.4, 0.5) is 4.39 Å². The van der Waals surface area contributed by atoms with E-state index in [2.05, 4.69) is 4.98 Å². The van der Waals surface area contributed by atoms with Gasteiger partial charge in [-0.25, -0.2) is 14.2 Å². The molecule has 1 fully saturated rings. The number of carboxylic acid groups (broad SMARTS) is 1. The molecule has 0 spiro atoms. The first-order valence-electron chi connectivity index (χ1n) is 8.16. The summed E-state index contributed by atoms with van der Waals surface area (Å²) >= 11 is 0. The van der Waals surface area contributed by atoms with Crippen LogP contribution in [0.15, 0.2) is 18.2 Å². The third-order valence-electron chi connectivity index (χ3n) is 4.52. The van der Waals surface area contributed by atoms with Crippen LogP contribution in [0.1, 0.15) is 41.0 Å². The van der Waals surface area contributed by atoms with Gasteiger partial charge in [0.15, 0.2) is 5.69 Å². The highest BCUT2D eigenvalue weighted by molar-refractivity contribution is 5.88. The second-order valence-electron chi connectivity index (χ2n) is 6.23. The first kappa shape index (κ1) is 16.6. The van der Waals surface area contributed by atoms with E-state index in [1.165, 1.54) is 12.1 Å². The number of hydrogen-bond donors (Lipinski definition) is 1. The van der Waals surface area contributed by atoms with Crippen LogP contribution < -0.4 is 0 Å². The number of aromatic carboxylic acids is 1. The molecule has 2 heterocycles. The Morgan fingerprint density at radius 1 is 1.42 bits per heavy atom. The smallest absolute Gasteiger partial charge is 0.356 e. The molecule has 1 atom stereocenters. The summed E-state index contributed by atoms with van der Waals surface area (Å²) in [5.41, 5.74) is 2.03. The monoisotopic (exact) mass is 332 g/mol. The zero-order chi connectivity index (χ0) is 17.3. The Labute approximate surface area is 140 Å². The molecule has 0 radical (unpaired) electrons. The molecule has 128 valence electrons. The predicted molar refractivity (Wildman–Crippen MR) is 87.6 cm³/mol. The van der Waals surface area contributed by atoms with Crippen LogP contribution in [0.2, 0.25) is 0 Å². The third kappa shape index (κ3) is 3.19. The Bertz CT molecular complexity index is 764. The van der Waals surface area contributed by atoms with Crippen LogP contribution in [0.5, 0.6) is 0 Å². The molecular weight excluding hydrogens is 311 g/mol. The van der Waals surface area contributed by atoms with Crippen LogP contribution in [0, 0.1) is 19.7 Å². The lowest BCUT2D eigenvalue weighted by atomic mass is 10.1. The summed E-state index contributed by atoms with van der Waals surface area (Å²) in [4.78, 5) is 15.8. The van der Waals surface area contributed by atoms with Crippen LogP contribution in [-0.4, -0.2) is 33.3 Å². The normalized spacial score (nSPS) is 17.9. The van der Waals surface area contributed by atoms with Gasteiger partial charge in [-0.1, -0.05) is 6.07 Å². The molecule has 0 bridgehead atoms. The second kappa shape index (κ2) is 6.73. The summed E-state index contributed by atoms with van der Waals surface area (Å²) in [5, 5.41) is 9.40. The lowest BCUT2D eigenvalue weighted by Crippen LogP contribution is -2.25. The number of carbonyl (C=O) groups is 1. The van der Waals surface area contributed by atoms with E-state index in [0.29, 0.717) is 23.6 Å². The summed E-state index contributed by atoms with van der Waals surface area (Å²) in [5.74, 6) is -0.962. The molecule has 1 aliphatic heterocycles. The van der Waals surface area contributed by atoms with Crippen LogP contribution >= 0.6 is 0 Å². The first-order valence-corrected chi connectivity index (χ1v) is 8.16. The van der Waals surface area contributed by atoms with Crippen molar-refractivity contribution in [2.24, 2.45) is 0 Å². The number of nitrogens with zero attached hydrogens (tertiary/aromatic N) is 2. The van der Waals surface area contributed by atoms with Crippen molar-refractivity contribution in [3.8, 4) is 11.4 Å². The molecule has 1 aromatic heterocycles. The van der Waals surface area contributed by atoms with Crippen molar-refractivity contribution < 1.29 is 19.0 Å². The van der Waals surface area contributed by atoms with Gasteiger partial charge in [0.1, 0.15) is 11.6 Å². The van der Waals surface area contributed by atoms with Gasteiger partial charge in [-0.05, 0) is 50.8 Å². The van der Waals surface area contributed by atoms with E-state index in [0.717, 1.165) is 31.4 Å². The van der Waals surface area contributed by atoms with E-state index in [1.807, 2.05) is 11.5 Å². The summed E-state index contributed by atoms with van der Waals surface area (Å²) in [7, 11) is 0. The number of rotatable bonds is 4. The Balaban J connectivity index is 2.08. The van der Waals surface area contributed by atoms with Gasteiger partial charge in [-0.2, -0.15) is 0 Å². The van der Waals surface area contributed by atoms with Gasteiger partial charge in [0.25, 0.3) is 0 Å². The van der Waals surface area contributed by atoms with Crippen molar-refractivity contribution >= 4 is 5.97 Å². The molecule has 5 nitrogen and oxygen atoms in total. The zero-order valence-corrected chi connectivity index (χ0v) is 13.9. The number of ether oxygens (including phenoxy) is 1. The fourth-order valence-corrected chi connectivity index (χ4v) is 3.16. The number of halogens is 1. The van der Waals surface area contributed by atoms with Crippen LogP contribution in [0.25, 0.3) is 11.4 Å². The Kier molecular flexibility index (Phi) is 4.66. The van der Waals surface area contributed by atoms with E-state index < -0.39 is 5.97 Å². The topological polar surface area (TPSA) is 64.3 Å². The minimum absolute atomic E-state index is 0.00414. The summed E-state index contributed by atoms with van der Waals surface area (Å²) in [6.07, 6.45) is 3.11. The number of benzene rings is 1. The molecule has 3 rings (SSSR count). The highest BCUT2D eigenvalue weighted by Crippen LogP contribution is 2.28. The first-order chi connectivity index (χ1) is 11.5. The second-order valence-corrected chi connectivity index (χ2v) is 6.23. The molecule has 6 heteroatoms.